The van der Waals surface area contributed by atoms with Gasteiger partial charge in [0, 0.05) is 24.8 Å². The van der Waals surface area contributed by atoms with Crippen molar-refractivity contribution in [3.8, 4) is 0 Å². The summed E-state index contributed by atoms with van der Waals surface area (Å²) in [5.41, 5.74) is 12.4. The third kappa shape index (κ3) is 1.58. The lowest BCUT2D eigenvalue weighted by molar-refractivity contribution is 0.351. The van der Waals surface area contributed by atoms with E-state index in [0.717, 1.165) is 5.92 Å². The summed E-state index contributed by atoms with van der Waals surface area (Å²) in [4.78, 5) is 2.62. The van der Waals surface area contributed by atoms with Gasteiger partial charge in [0.2, 0.25) is 0 Å². The molecule has 1 fully saturated rings. The number of nitrogens with two attached hydrogens (primary N) is 1. The molecule has 0 spiro atoms. The fourth-order valence-corrected chi connectivity index (χ4v) is 4.00. The molecule has 1 aromatic carbocycles. The predicted octanol–water partition coefficient (Wildman–Crippen LogP) is 2.59. The number of rotatable bonds is 1. The Morgan fingerprint density at radius 1 is 1.00 bits per heavy atom. The van der Waals surface area contributed by atoms with Crippen LogP contribution < -0.4 is 10.6 Å². The standard InChI is InChI=1S/C16H22N2/c17-15-9-14(10-15)13-7-11-3-1-5-18-6-2-4-12(8-13)16(11)18/h7-8,14-15H,1-6,9-10,17H2. The van der Waals surface area contributed by atoms with E-state index >= 15 is 0 Å². The summed E-state index contributed by atoms with van der Waals surface area (Å²) >= 11 is 0. The first-order chi connectivity index (χ1) is 8.81. The highest BCUT2D eigenvalue weighted by Gasteiger charge is 2.30. The Kier molecular flexibility index (Phi) is 2.41. The van der Waals surface area contributed by atoms with Crippen LogP contribution in [0.5, 0.6) is 0 Å². The molecule has 2 heteroatoms. The smallest absolute Gasteiger partial charge is 0.0431 e. The molecular weight excluding hydrogens is 220 g/mol. The molecule has 0 atom stereocenters. The van der Waals surface area contributed by atoms with Gasteiger partial charge in [-0.1, -0.05) is 12.1 Å². The molecule has 0 radical (unpaired) electrons. The van der Waals surface area contributed by atoms with Crippen LogP contribution in [0.15, 0.2) is 12.1 Å². The second-order valence-corrected chi connectivity index (χ2v) is 6.31. The number of benzene rings is 1. The highest BCUT2D eigenvalue weighted by atomic mass is 15.1. The van der Waals surface area contributed by atoms with Gasteiger partial charge in [0.15, 0.2) is 0 Å². The van der Waals surface area contributed by atoms with Crippen molar-refractivity contribution < 1.29 is 0 Å². The van der Waals surface area contributed by atoms with Crippen molar-refractivity contribution in [3.05, 3.63) is 28.8 Å². The van der Waals surface area contributed by atoms with Crippen molar-refractivity contribution in [3.63, 3.8) is 0 Å². The van der Waals surface area contributed by atoms with Crippen molar-refractivity contribution in [2.45, 2.75) is 50.5 Å². The van der Waals surface area contributed by atoms with E-state index in [-0.39, 0.29) is 0 Å². The molecule has 0 aromatic heterocycles. The maximum atomic E-state index is 5.94. The number of nitrogens with zero attached hydrogens (tertiary/aromatic N) is 1. The van der Waals surface area contributed by atoms with Gasteiger partial charge in [-0.25, -0.2) is 0 Å². The Labute approximate surface area is 109 Å². The Bertz CT molecular complexity index is 443. The van der Waals surface area contributed by atoms with Gasteiger partial charge in [0.05, 0.1) is 0 Å². The first-order valence-electron chi connectivity index (χ1n) is 7.47. The first-order valence-corrected chi connectivity index (χ1v) is 7.47. The lowest BCUT2D eigenvalue weighted by Gasteiger charge is -2.39. The quantitative estimate of drug-likeness (QED) is 0.820. The van der Waals surface area contributed by atoms with Gasteiger partial charge < -0.3 is 10.6 Å². The summed E-state index contributed by atoms with van der Waals surface area (Å²) in [6.07, 6.45) is 7.63. The zero-order chi connectivity index (χ0) is 12.1. The molecule has 4 rings (SSSR count). The van der Waals surface area contributed by atoms with E-state index in [2.05, 4.69) is 17.0 Å². The number of hydrogen-bond acceptors (Lipinski definition) is 2. The highest BCUT2D eigenvalue weighted by molar-refractivity contribution is 5.64. The van der Waals surface area contributed by atoms with E-state index in [1.54, 1.807) is 22.4 Å². The molecule has 18 heavy (non-hydrogen) atoms. The molecule has 2 aliphatic heterocycles. The van der Waals surface area contributed by atoms with Gasteiger partial charge in [-0.15, -0.1) is 0 Å². The van der Waals surface area contributed by atoms with Gasteiger partial charge in [0.25, 0.3) is 0 Å². The van der Waals surface area contributed by atoms with E-state index < -0.39 is 0 Å². The summed E-state index contributed by atoms with van der Waals surface area (Å²) in [6.45, 7) is 2.54. The molecule has 2 N–H and O–H groups in total. The minimum Gasteiger partial charge on any atom is -0.371 e. The second kappa shape index (κ2) is 3.99. The Balaban J connectivity index is 1.75. The van der Waals surface area contributed by atoms with Crippen LogP contribution in [0.2, 0.25) is 0 Å². The predicted molar refractivity (Wildman–Crippen MR) is 75.2 cm³/mol. The third-order valence-electron chi connectivity index (χ3n) is 5.00. The summed E-state index contributed by atoms with van der Waals surface area (Å²) in [5.74, 6) is 0.749. The topological polar surface area (TPSA) is 29.3 Å². The molecule has 1 aromatic rings. The van der Waals surface area contributed by atoms with E-state index in [1.165, 1.54) is 51.6 Å². The molecule has 0 saturated heterocycles. The van der Waals surface area contributed by atoms with Gasteiger partial charge in [0.1, 0.15) is 0 Å². The van der Waals surface area contributed by atoms with Crippen LogP contribution in [-0.4, -0.2) is 19.1 Å². The van der Waals surface area contributed by atoms with Crippen LogP contribution >= 0.6 is 0 Å². The summed E-state index contributed by atoms with van der Waals surface area (Å²) in [5, 5.41) is 0. The Morgan fingerprint density at radius 3 is 2.17 bits per heavy atom. The van der Waals surface area contributed by atoms with Crippen molar-refractivity contribution in [1.82, 2.24) is 0 Å². The SMILES string of the molecule is NC1CC(c2cc3c4c(c2)CCCN4CCC3)C1. The molecule has 0 bridgehead atoms. The minimum atomic E-state index is 0.457. The van der Waals surface area contributed by atoms with Crippen LogP contribution in [0.25, 0.3) is 0 Å². The van der Waals surface area contributed by atoms with Gasteiger partial charge in [-0.2, -0.15) is 0 Å². The van der Waals surface area contributed by atoms with Crippen LogP contribution in [0.4, 0.5) is 5.69 Å². The molecule has 3 aliphatic rings. The van der Waals surface area contributed by atoms with Gasteiger partial charge in [-0.05, 0) is 61.1 Å². The molecule has 2 heterocycles. The van der Waals surface area contributed by atoms with E-state index in [9.17, 15) is 0 Å². The zero-order valence-corrected chi connectivity index (χ0v) is 11.0. The lowest BCUT2D eigenvalue weighted by atomic mass is 9.74. The largest absolute Gasteiger partial charge is 0.371 e. The summed E-state index contributed by atoms with van der Waals surface area (Å²) in [7, 11) is 0. The molecule has 0 amide bonds. The Hall–Kier alpha value is -1.02. The molecule has 2 nitrogen and oxygen atoms in total. The fraction of sp³-hybridized carbons (Fsp3) is 0.625. The fourth-order valence-electron chi connectivity index (χ4n) is 4.00. The molecule has 96 valence electrons. The van der Waals surface area contributed by atoms with Crippen LogP contribution in [0.1, 0.15) is 48.3 Å². The van der Waals surface area contributed by atoms with Crippen molar-refractivity contribution in [1.29, 1.82) is 0 Å². The average molecular weight is 242 g/mol. The molecule has 1 saturated carbocycles. The maximum Gasteiger partial charge on any atom is 0.0431 e. The maximum absolute atomic E-state index is 5.94. The van der Waals surface area contributed by atoms with E-state index in [0.29, 0.717) is 6.04 Å². The number of hydrogen-bond donors (Lipinski definition) is 1. The lowest BCUT2D eigenvalue weighted by Crippen LogP contribution is -2.36. The zero-order valence-electron chi connectivity index (χ0n) is 11.0. The van der Waals surface area contributed by atoms with Crippen molar-refractivity contribution >= 4 is 5.69 Å². The second-order valence-electron chi connectivity index (χ2n) is 6.31. The minimum absolute atomic E-state index is 0.457. The van der Waals surface area contributed by atoms with E-state index in [4.69, 9.17) is 5.73 Å². The summed E-state index contributed by atoms with van der Waals surface area (Å²) < 4.78 is 0. The van der Waals surface area contributed by atoms with Crippen molar-refractivity contribution in [2.24, 2.45) is 5.73 Å². The van der Waals surface area contributed by atoms with Crippen LogP contribution in [0, 0.1) is 0 Å². The summed E-state index contributed by atoms with van der Waals surface area (Å²) in [6, 6.07) is 5.44. The first kappa shape index (κ1) is 10.9. The Morgan fingerprint density at radius 2 is 1.61 bits per heavy atom. The third-order valence-corrected chi connectivity index (χ3v) is 5.00. The normalized spacial score (nSPS) is 29.7. The monoisotopic (exact) mass is 242 g/mol. The molecule has 1 aliphatic carbocycles. The number of anilines is 1. The molecule has 0 unspecified atom stereocenters. The number of aryl methyl sites for hydroxylation is 2. The van der Waals surface area contributed by atoms with Crippen molar-refractivity contribution in [2.75, 3.05) is 18.0 Å². The van der Waals surface area contributed by atoms with Gasteiger partial charge >= 0.3 is 0 Å². The highest BCUT2D eigenvalue weighted by Crippen LogP contribution is 2.42. The van der Waals surface area contributed by atoms with Gasteiger partial charge in [-0.3, -0.25) is 0 Å². The van der Waals surface area contributed by atoms with Crippen LogP contribution in [0.3, 0.4) is 0 Å². The van der Waals surface area contributed by atoms with Crippen LogP contribution in [-0.2, 0) is 12.8 Å². The molecular formula is C16H22N2. The van der Waals surface area contributed by atoms with E-state index in [1.807, 2.05) is 0 Å². The average Bonchev–Trinajstić information content (AvgIpc) is 2.35.